The number of aromatic hydroxyl groups is 1. The van der Waals surface area contributed by atoms with Gasteiger partial charge in [0.2, 0.25) is 5.91 Å². The fraction of sp³-hybridized carbons (Fsp3) is 0.571. The minimum Gasteiger partial charge on any atom is -0.508 e. The van der Waals surface area contributed by atoms with Crippen molar-refractivity contribution in [3.05, 3.63) is 50.9 Å². The monoisotopic (exact) mass is 462 g/mol. The van der Waals surface area contributed by atoms with Crippen molar-refractivity contribution in [3.8, 4) is 5.75 Å². The van der Waals surface area contributed by atoms with Gasteiger partial charge in [0.1, 0.15) is 11.3 Å². The summed E-state index contributed by atoms with van der Waals surface area (Å²) in [5.41, 5.74) is 3.14. The average Bonchev–Trinajstić information content (AvgIpc) is 2.84. The highest BCUT2D eigenvalue weighted by Gasteiger charge is 2.46. The summed E-state index contributed by atoms with van der Waals surface area (Å²) in [6.07, 6.45) is 9.78. The summed E-state index contributed by atoms with van der Waals surface area (Å²) in [6, 6.07) is 4.25. The van der Waals surface area contributed by atoms with E-state index in [0.717, 1.165) is 36.9 Å². The molecule has 6 nitrogen and oxygen atoms in total. The summed E-state index contributed by atoms with van der Waals surface area (Å²) in [7, 11) is 0. The Balaban J connectivity index is 1.31. The summed E-state index contributed by atoms with van der Waals surface area (Å²) < 4.78 is 5.60. The van der Waals surface area contributed by atoms with Crippen LogP contribution in [0.4, 0.5) is 0 Å². The number of phenols is 1. The smallest absolute Gasteiger partial charge is 0.340 e. The molecule has 2 bridgehead atoms. The van der Waals surface area contributed by atoms with Crippen LogP contribution in [0.15, 0.2) is 33.0 Å². The van der Waals surface area contributed by atoms with Crippen LogP contribution in [0.1, 0.15) is 55.2 Å². The van der Waals surface area contributed by atoms with Gasteiger partial charge in [-0.2, -0.15) is 0 Å². The molecule has 3 aliphatic heterocycles. The van der Waals surface area contributed by atoms with Gasteiger partial charge in [-0.1, -0.05) is 18.1 Å². The minimum atomic E-state index is -0.475. The zero-order valence-corrected chi connectivity index (χ0v) is 20.2. The van der Waals surface area contributed by atoms with E-state index in [-0.39, 0.29) is 24.1 Å². The Labute approximate surface area is 200 Å². The predicted octanol–water partition coefficient (Wildman–Crippen LogP) is 4.08. The van der Waals surface area contributed by atoms with Gasteiger partial charge in [-0.15, -0.1) is 0 Å². The number of phenolic OH excluding ortho intramolecular Hbond substituents is 1. The van der Waals surface area contributed by atoms with E-state index in [1.54, 1.807) is 19.1 Å². The molecule has 6 rings (SSSR count). The molecule has 4 heterocycles. The van der Waals surface area contributed by atoms with Crippen LogP contribution in [0.2, 0.25) is 0 Å². The molecule has 0 unspecified atom stereocenters. The Hall–Kier alpha value is -2.60. The predicted molar refractivity (Wildman–Crippen MR) is 131 cm³/mol. The molecule has 0 radical (unpaired) electrons. The summed E-state index contributed by atoms with van der Waals surface area (Å²) >= 11 is 0. The van der Waals surface area contributed by atoms with Crippen LogP contribution in [-0.2, 0) is 11.2 Å². The number of piperidine rings is 3. The first kappa shape index (κ1) is 21.9. The van der Waals surface area contributed by atoms with Crippen molar-refractivity contribution in [1.82, 2.24) is 9.80 Å². The van der Waals surface area contributed by atoms with Crippen LogP contribution in [0.25, 0.3) is 11.0 Å². The van der Waals surface area contributed by atoms with E-state index in [1.807, 2.05) is 6.92 Å². The first-order chi connectivity index (χ1) is 16.4. The van der Waals surface area contributed by atoms with E-state index in [0.29, 0.717) is 34.6 Å². The van der Waals surface area contributed by atoms with Gasteiger partial charge in [0.15, 0.2) is 0 Å². The molecule has 1 aliphatic carbocycles. The van der Waals surface area contributed by atoms with Crippen LogP contribution < -0.4 is 5.63 Å². The number of hydrogen-bond acceptors (Lipinski definition) is 5. The topological polar surface area (TPSA) is 74.0 Å². The Morgan fingerprint density at radius 3 is 2.85 bits per heavy atom. The number of carbonyl (C=O) groups is 1. The molecule has 1 amide bonds. The second-order valence-electron chi connectivity index (χ2n) is 10.9. The molecule has 4 aliphatic rings. The summed E-state index contributed by atoms with van der Waals surface area (Å²) in [6.45, 7) is 6.65. The number of carbonyl (C=O) groups excluding carboxylic acids is 1. The quantitative estimate of drug-likeness (QED) is 0.538. The van der Waals surface area contributed by atoms with Crippen molar-refractivity contribution in [2.75, 3.05) is 19.6 Å². The highest BCUT2D eigenvalue weighted by atomic mass is 16.4. The maximum Gasteiger partial charge on any atom is 0.340 e. The lowest BCUT2D eigenvalue weighted by molar-refractivity contribution is -0.135. The summed E-state index contributed by atoms with van der Waals surface area (Å²) in [4.78, 5) is 31.4. The number of rotatable bonds is 2. The summed E-state index contributed by atoms with van der Waals surface area (Å²) in [5.74, 6) is 1.25. The van der Waals surface area contributed by atoms with Gasteiger partial charge in [0, 0.05) is 30.1 Å². The van der Waals surface area contributed by atoms with Gasteiger partial charge in [0.05, 0.1) is 18.0 Å². The fourth-order valence-corrected chi connectivity index (χ4v) is 7.29. The molecule has 0 saturated carbocycles. The molecule has 180 valence electrons. The SMILES string of the molecule is Cc1c(CC(=O)N2CCCC3=C[C@H]4C[C@H](CN5CCCC[C@H]45)[C@@H]32)c(=O)oc2c(C)c(O)ccc12. The zero-order chi connectivity index (χ0) is 23.6. The Morgan fingerprint density at radius 1 is 1.15 bits per heavy atom. The van der Waals surface area contributed by atoms with Crippen LogP contribution in [0.3, 0.4) is 0 Å². The molecule has 1 aromatic carbocycles. The van der Waals surface area contributed by atoms with E-state index < -0.39 is 5.63 Å². The molecular formula is C28H34N2O4. The molecule has 34 heavy (non-hydrogen) atoms. The molecule has 1 aromatic heterocycles. The second-order valence-corrected chi connectivity index (χ2v) is 10.9. The van der Waals surface area contributed by atoms with E-state index in [4.69, 9.17) is 4.42 Å². The number of benzene rings is 1. The van der Waals surface area contributed by atoms with Crippen LogP contribution >= 0.6 is 0 Å². The van der Waals surface area contributed by atoms with E-state index in [1.165, 1.54) is 37.8 Å². The maximum absolute atomic E-state index is 13.7. The van der Waals surface area contributed by atoms with Gasteiger partial charge in [-0.05, 0) is 82.0 Å². The lowest BCUT2D eigenvalue weighted by atomic mass is 9.68. The van der Waals surface area contributed by atoms with Crippen molar-refractivity contribution in [2.24, 2.45) is 11.8 Å². The molecule has 4 atom stereocenters. The van der Waals surface area contributed by atoms with Gasteiger partial charge >= 0.3 is 5.63 Å². The van der Waals surface area contributed by atoms with Crippen molar-refractivity contribution in [3.63, 3.8) is 0 Å². The number of nitrogens with zero attached hydrogens (tertiary/aromatic N) is 2. The van der Waals surface area contributed by atoms with E-state index >= 15 is 0 Å². The van der Waals surface area contributed by atoms with Crippen LogP contribution in [-0.4, -0.2) is 52.5 Å². The van der Waals surface area contributed by atoms with Gasteiger partial charge in [-0.3, -0.25) is 9.69 Å². The Bertz CT molecular complexity index is 1250. The number of aryl methyl sites for hydroxylation is 2. The second kappa shape index (κ2) is 8.26. The first-order valence-corrected chi connectivity index (χ1v) is 12.9. The standard InChI is InChI=1S/C28H34N2O4/c1-16-21-8-9-24(31)17(2)27(21)34-28(33)22(16)14-25(32)30-11-5-6-18-12-19-13-20(26(18)30)15-29-10-4-3-7-23(19)29/h8-9,12,19-20,23,26,31H,3-7,10-11,13-15H2,1-2H3/t19-,20+,23+,26+/m0/s1. The van der Waals surface area contributed by atoms with E-state index in [2.05, 4.69) is 15.9 Å². The molecule has 3 saturated heterocycles. The van der Waals surface area contributed by atoms with Crippen molar-refractivity contribution in [1.29, 1.82) is 0 Å². The van der Waals surface area contributed by atoms with Crippen molar-refractivity contribution < 1.29 is 14.3 Å². The van der Waals surface area contributed by atoms with E-state index in [9.17, 15) is 14.7 Å². The molecule has 0 spiro atoms. The highest BCUT2D eigenvalue weighted by molar-refractivity contribution is 5.87. The first-order valence-electron chi connectivity index (χ1n) is 12.9. The molecular weight excluding hydrogens is 428 g/mol. The fourth-order valence-electron chi connectivity index (χ4n) is 7.29. The lowest BCUT2D eigenvalue weighted by Gasteiger charge is -2.54. The third-order valence-electron chi connectivity index (χ3n) is 8.98. The minimum absolute atomic E-state index is 0.0278. The highest BCUT2D eigenvalue weighted by Crippen LogP contribution is 2.45. The van der Waals surface area contributed by atoms with Crippen LogP contribution in [0, 0.1) is 25.7 Å². The summed E-state index contributed by atoms with van der Waals surface area (Å²) in [5, 5.41) is 10.8. The molecule has 3 fully saturated rings. The van der Waals surface area contributed by atoms with Gasteiger partial charge in [-0.25, -0.2) is 4.79 Å². The Morgan fingerprint density at radius 2 is 2.00 bits per heavy atom. The average molecular weight is 463 g/mol. The number of fused-ring (bicyclic) bond motifs is 7. The lowest BCUT2D eigenvalue weighted by Crippen LogP contribution is -2.60. The maximum atomic E-state index is 13.7. The normalized spacial score (nSPS) is 28.9. The third kappa shape index (κ3) is 3.41. The Kier molecular flexibility index (Phi) is 5.32. The molecule has 1 N–H and O–H groups in total. The number of amides is 1. The number of hydrogen-bond donors (Lipinski definition) is 1. The van der Waals surface area contributed by atoms with Crippen LogP contribution in [0.5, 0.6) is 5.75 Å². The van der Waals surface area contributed by atoms with Crippen molar-refractivity contribution >= 4 is 16.9 Å². The van der Waals surface area contributed by atoms with Gasteiger partial charge in [0.25, 0.3) is 0 Å². The largest absolute Gasteiger partial charge is 0.508 e. The third-order valence-corrected chi connectivity index (χ3v) is 8.98. The van der Waals surface area contributed by atoms with Crippen molar-refractivity contribution in [2.45, 2.75) is 70.9 Å². The number of likely N-dealkylation sites (tertiary alicyclic amines) is 1. The molecule has 6 heteroatoms. The zero-order valence-electron chi connectivity index (χ0n) is 20.2. The molecule has 2 aromatic rings. The van der Waals surface area contributed by atoms with Gasteiger partial charge < -0.3 is 14.4 Å².